The Hall–Kier alpha value is -3.13. The highest BCUT2D eigenvalue weighted by Crippen LogP contribution is 2.38. The van der Waals surface area contributed by atoms with Gasteiger partial charge in [0.05, 0.1) is 0 Å². The molecule has 164 valence electrons. The van der Waals surface area contributed by atoms with Gasteiger partial charge in [0.15, 0.2) is 0 Å². The largest absolute Gasteiger partial charge is 0.298 e. The minimum Gasteiger partial charge on any atom is -0.298 e. The molecule has 1 aliphatic carbocycles. The van der Waals surface area contributed by atoms with Crippen LogP contribution in [0.2, 0.25) is 0 Å². The molecule has 2 heteroatoms. The monoisotopic (exact) mass is 449 g/mol. The summed E-state index contributed by atoms with van der Waals surface area (Å²) < 4.78 is 0. The Labute approximate surface area is 202 Å². The van der Waals surface area contributed by atoms with E-state index in [1.54, 1.807) is 5.57 Å². The highest BCUT2D eigenvalue weighted by atomic mass is 35.5. The summed E-state index contributed by atoms with van der Waals surface area (Å²) in [6.45, 7) is 3.26. The number of halogens is 1. The molecule has 0 bridgehead atoms. The minimum absolute atomic E-state index is 0. The van der Waals surface area contributed by atoms with Gasteiger partial charge in [0, 0.05) is 19.6 Å². The Morgan fingerprint density at radius 3 is 1.85 bits per heavy atom. The van der Waals surface area contributed by atoms with E-state index in [0.717, 1.165) is 32.5 Å². The summed E-state index contributed by atoms with van der Waals surface area (Å²) in [5.41, 5.74) is 9.89. The van der Waals surface area contributed by atoms with Crippen LogP contribution in [0.3, 0.4) is 0 Å². The van der Waals surface area contributed by atoms with Gasteiger partial charge in [-0.3, -0.25) is 4.90 Å². The Morgan fingerprint density at radius 2 is 1.18 bits per heavy atom. The van der Waals surface area contributed by atoms with Crippen LogP contribution in [0.15, 0.2) is 96.6 Å². The minimum atomic E-state index is 0. The third-order valence-electron chi connectivity index (χ3n) is 6.94. The molecule has 0 aromatic heterocycles. The second-order valence-electron chi connectivity index (χ2n) is 8.94. The van der Waals surface area contributed by atoms with Gasteiger partial charge in [0.1, 0.15) is 0 Å². The van der Waals surface area contributed by atoms with E-state index >= 15 is 0 Å². The lowest BCUT2D eigenvalue weighted by Crippen LogP contribution is -2.30. The van der Waals surface area contributed by atoms with Gasteiger partial charge < -0.3 is 0 Å². The summed E-state index contributed by atoms with van der Waals surface area (Å²) in [6.07, 6.45) is 6.81. The standard InChI is InChI=1S/C31H27N.ClH/c1-2-10-28-21-23(13-14-24(28)7-1)22-32-19-17-27(18-20-32)31-29-11-5-3-8-25(29)15-16-26-9-4-6-12-30(26)31;/h1-16,21H,17-20,22H2;1H. The summed E-state index contributed by atoms with van der Waals surface area (Å²) in [5, 5.41) is 2.66. The smallest absolute Gasteiger partial charge is 0.0234 e. The van der Waals surface area contributed by atoms with Crippen LogP contribution in [-0.4, -0.2) is 18.0 Å². The third-order valence-corrected chi connectivity index (χ3v) is 6.94. The van der Waals surface area contributed by atoms with Gasteiger partial charge >= 0.3 is 0 Å². The average molecular weight is 450 g/mol. The molecule has 1 nitrogen and oxygen atoms in total. The van der Waals surface area contributed by atoms with Crippen LogP contribution in [-0.2, 0) is 6.54 Å². The lowest BCUT2D eigenvalue weighted by atomic mass is 9.86. The SMILES string of the molecule is C1=Cc2ccccc2C(=C2CCN(Cc3ccc4ccccc4c3)CC2)c2ccccc21.Cl. The van der Waals surface area contributed by atoms with E-state index in [1.165, 1.54) is 44.2 Å². The van der Waals surface area contributed by atoms with Crippen molar-refractivity contribution in [2.45, 2.75) is 19.4 Å². The molecule has 1 aliphatic heterocycles. The number of hydrogen-bond donors (Lipinski definition) is 0. The number of piperidine rings is 1. The van der Waals surface area contributed by atoms with E-state index < -0.39 is 0 Å². The van der Waals surface area contributed by atoms with Crippen molar-refractivity contribution in [3.05, 3.63) is 124 Å². The van der Waals surface area contributed by atoms with Crippen molar-refractivity contribution in [2.75, 3.05) is 13.1 Å². The first-order valence-electron chi connectivity index (χ1n) is 11.6. The molecule has 1 fully saturated rings. The first kappa shape index (κ1) is 21.7. The van der Waals surface area contributed by atoms with Crippen LogP contribution >= 0.6 is 12.4 Å². The van der Waals surface area contributed by atoms with Gasteiger partial charge in [-0.05, 0) is 63.1 Å². The van der Waals surface area contributed by atoms with Crippen LogP contribution in [0.5, 0.6) is 0 Å². The first-order valence-corrected chi connectivity index (χ1v) is 11.6. The van der Waals surface area contributed by atoms with E-state index in [1.807, 2.05) is 0 Å². The van der Waals surface area contributed by atoms with Gasteiger partial charge in [-0.25, -0.2) is 0 Å². The lowest BCUT2D eigenvalue weighted by molar-refractivity contribution is 0.249. The predicted octanol–water partition coefficient (Wildman–Crippen LogP) is 7.84. The summed E-state index contributed by atoms with van der Waals surface area (Å²) in [7, 11) is 0. The Morgan fingerprint density at radius 1 is 0.606 bits per heavy atom. The molecule has 0 radical (unpaired) electrons. The zero-order valence-corrected chi connectivity index (χ0v) is 19.5. The number of rotatable bonds is 2. The van der Waals surface area contributed by atoms with Gasteiger partial charge in [-0.15, -0.1) is 12.4 Å². The second-order valence-corrected chi connectivity index (χ2v) is 8.94. The fraction of sp³-hybridized carbons (Fsp3) is 0.161. The molecule has 6 rings (SSSR count). The highest BCUT2D eigenvalue weighted by molar-refractivity contribution is 5.95. The number of likely N-dealkylation sites (tertiary alicyclic amines) is 1. The van der Waals surface area contributed by atoms with Gasteiger partial charge in [-0.2, -0.15) is 0 Å². The fourth-order valence-corrected chi connectivity index (χ4v) is 5.27. The summed E-state index contributed by atoms with van der Waals surface area (Å²) in [6, 6.07) is 33.3. The van der Waals surface area contributed by atoms with Gasteiger partial charge in [-0.1, -0.05) is 103 Å². The molecule has 0 amide bonds. The van der Waals surface area contributed by atoms with E-state index in [-0.39, 0.29) is 12.4 Å². The Kier molecular flexibility index (Phi) is 6.17. The van der Waals surface area contributed by atoms with E-state index in [2.05, 4.69) is 108 Å². The van der Waals surface area contributed by atoms with Crippen molar-refractivity contribution in [1.82, 2.24) is 4.90 Å². The van der Waals surface area contributed by atoms with E-state index in [4.69, 9.17) is 0 Å². The van der Waals surface area contributed by atoms with Crippen molar-refractivity contribution >= 4 is 40.9 Å². The first-order chi connectivity index (χ1) is 15.8. The molecule has 0 unspecified atom stereocenters. The molecule has 1 saturated heterocycles. The number of benzene rings is 4. The van der Waals surface area contributed by atoms with Crippen LogP contribution in [0.1, 0.15) is 40.7 Å². The number of fused-ring (bicyclic) bond motifs is 3. The summed E-state index contributed by atoms with van der Waals surface area (Å²) in [4.78, 5) is 2.61. The van der Waals surface area contributed by atoms with E-state index in [9.17, 15) is 0 Å². The molecule has 0 saturated carbocycles. The quantitative estimate of drug-likeness (QED) is 0.265. The number of nitrogens with zero attached hydrogens (tertiary/aromatic N) is 1. The maximum absolute atomic E-state index is 2.61. The molecule has 0 N–H and O–H groups in total. The molecule has 0 spiro atoms. The third kappa shape index (κ3) is 4.27. The average Bonchev–Trinajstić information content (AvgIpc) is 3.02. The molecular weight excluding hydrogens is 422 g/mol. The van der Waals surface area contributed by atoms with Crippen molar-refractivity contribution < 1.29 is 0 Å². The van der Waals surface area contributed by atoms with Crippen molar-refractivity contribution in [2.24, 2.45) is 0 Å². The summed E-state index contributed by atoms with van der Waals surface area (Å²) >= 11 is 0. The van der Waals surface area contributed by atoms with Crippen molar-refractivity contribution in [3.8, 4) is 0 Å². The van der Waals surface area contributed by atoms with E-state index in [0.29, 0.717) is 0 Å². The normalized spacial score (nSPS) is 15.5. The van der Waals surface area contributed by atoms with Crippen LogP contribution in [0.25, 0.3) is 28.5 Å². The van der Waals surface area contributed by atoms with Crippen molar-refractivity contribution in [1.29, 1.82) is 0 Å². The maximum Gasteiger partial charge on any atom is 0.0234 e. The fourth-order valence-electron chi connectivity index (χ4n) is 5.27. The maximum atomic E-state index is 2.61. The van der Waals surface area contributed by atoms with Gasteiger partial charge in [0.25, 0.3) is 0 Å². The zero-order chi connectivity index (χ0) is 21.3. The zero-order valence-electron chi connectivity index (χ0n) is 18.7. The lowest BCUT2D eigenvalue weighted by Gasteiger charge is -2.30. The Bertz CT molecular complexity index is 1300. The molecule has 4 aromatic carbocycles. The predicted molar refractivity (Wildman–Crippen MR) is 144 cm³/mol. The summed E-state index contributed by atoms with van der Waals surface area (Å²) in [5.74, 6) is 0. The van der Waals surface area contributed by atoms with Crippen LogP contribution in [0, 0.1) is 0 Å². The Balaban J connectivity index is 0.00000228. The van der Waals surface area contributed by atoms with Crippen LogP contribution < -0.4 is 0 Å². The van der Waals surface area contributed by atoms with Gasteiger partial charge in [0.2, 0.25) is 0 Å². The molecule has 1 heterocycles. The molecule has 0 atom stereocenters. The molecule has 4 aromatic rings. The molecule has 2 aliphatic rings. The van der Waals surface area contributed by atoms with Crippen LogP contribution in [0.4, 0.5) is 0 Å². The molecule has 33 heavy (non-hydrogen) atoms. The second kappa shape index (κ2) is 9.39. The topological polar surface area (TPSA) is 3.24 Å². The molecular formula is C31H28ClN. The van der Waals surface area contributed by atoms with Crippen molar-refractivity contribution in [3.63, 3.8) is 0 Å². The number of hydrogen-bond acceptors (Lipinski definition) is 1. The highest BCUT2D eigenvalue weighted by Gasteiger charge is 2.22.